The van der Waals surface area contributed by atoms with E-state index in [1.165, 1.54) is 0 Å². The lowest BCUT2D eigenvalue weighted by Crippen LogP contribution is -2.48. The average Bonchev–Trinajstić information content (AvgIpc) is 3.22. The van der Waals surface area contributed by atoms with Crippen LogP contribution in [0.3, 0.4) is 0 Å². The molecule has 3 aromatic rings. The van der Waals surface area contributed by atoms with Gasteiger partial charge in [-0.2, -0.15) is 0 Å². The van der Waals surface area contributed by atoms with Crippen molar-refractivity contribution < 1.29 is 14.3 Å². The molecular weight excluding hydrogens is 424 g/mol. The molecule has 7 nitrogen and oxygen atoms in total. The van der Waals surface area contributed by atoms with Crippen LogP contribution < -0.4 is 14.4 Å². The van der Waals surface area contributed by atoms with Crippen molar-refractivity contribution in [2.45, 2.75) is 0 Å². The van der Waals surface area contributed by atoms with Gasteiger partial charge in [-0.1, -0.05) is 22.9 Å². The minimum atomic E-state index is -0.0216. The van der Waals surface area contributed by atoms with E-state index in [-0.39, 0.29) is 5.91 Å². The van der Waals surface area contributed by atoms with Crippen LogP contribution in [0.2, 0.25) is 5.02 Å². The number of ether oxygens (including phenoxy) is 2. The predicted octanol–water partition coefficient (Wildman–Crippen LogP) is 3.48. The fraction of sp³-hybridized carbons (Fsp3) is 0.286. The highest BCUT2D eigenvalue weighted by molar-refractivity contribution is 7.21. The van der Waals surface area contributed by atoms with Gasteiger partial charge >= 0.3 is 0 Å². The van der Waals surface area contributed by atoms with Gasteiger partial charge in [0.15, 0.2) is 16.6 Å². The number of rotatable bonds is 3. The first-order chi connectivity index (χ1) is 14.7. The Morgan fingerprint density at radius 1 is 1.17 bits per heavy atom. The second-order valence-electron chi connectivity index (χ2n) is 7.00. The first kappa shape index (κ1) is 19.1. The van der Waals surface area contributed by atoms with E-state index in [1.54, 1.807) is 35.8 Å². The first-order valence-corrected chi connectivity index (χ1v) is 10.9. The Hall–Kier alpha value is -2.84. The molecule has 0 radical (unpaired) electrons. The number of anilines is 1. The Morgan fingerprint density at radius 3 is 2.83 bits per heavy atom. The predicted molar refractivity (Wildman–Crippen MR) is 118 cm³/mol. The number of aromatic nitrogens is 2. The summed E-state index contributed by atoms with van der Waals surface area (Å²) < 4.78 is 11.1. The number of benzene rings is 1. The number of piperazine rings is 1. The number of hydrogen-bond acceptors (Lipinski definition) is 7. The van der Waals surface area contributed by atoms with Crippen LogP contribution in [0.5, 0.6) is 11.5 Å². The molecule has 0 atom stereocenters. The van der Waals surface area contributed by atoms with Crippen LogP contribution in [-0.4, -0.2) is 60.2 Å². The zero-order valence-corrected chi connectivity index (χ0v) is 17.7. The second-order valence-corrected chi connectivity index (χ2v) is 8.36. The van der Waals surface area contributed by atoms with E-state index in [1.807, 2.05) is 23.1 Å². The highest BCUT2D eigenvalue weighted by atomic mass is 35.5. The maximum Gasteiger partial charge on any atom is 0.246 e. The Kier molecular flexibility index (Phi) is 5.18. The molecule has 154 valence electrons. The number of amides is 1. The van der Waals surface area contributed by atoms with Crippen LogP contribution in [0.15, 0.2) is 36.5 Å². The zero-order chi connectivity index (χ0) is 20.5. The topological polar surface area (TPSA) is 67.8 Å². The summed E-state index contributed by atoms with van der Waals surface area (Å²) >= 11 is 7.85. The molecule has 0 saturated carbocycles. The molecule has 4 heterocycles. The van der Waals surface area contributed by atoms with Crippen molar-refractivity contribution in [3.8, 4) is 11.5 Å². The molecule has 1 amide bonds. The SMILES string of the molecule is O=C(/C=C/c1cc(Cl)c2c(c1)OCCO2)N1CCN(c2nc3cccnc3s2)CC1. The van der Waals surface area contributed by atoms with Crippen molar-refractivity contribution in [3.05, 3.63) is 47.1 Å². The Balaban J connectivity index is 1.22. The fourth-order valence-electron chi connectivity index (χ4n) is 3.51. The minimum absolute atomic E-state index is 0.0216. The maximum atomic E-state index is 12.6. The summed E-state index contributed by atoms with van der Waals surface area (Å²) in [4.78, 5) is 26.6. The molecule has 5 rings (SSSR count). The molecular formula is C21H19ClN4O3S. The third kappa shape index (κ3) is 3.80. The third-order valence-corrected chi connectivity index (χ3v) is 6.38. The van der Waals surface area contributed by atoms with Crippen molar-refractivity contribution in [3.63, 3.8) is 0 Å². The fourth-order valence-corrected chi connectivity index (χ4v) is 4.75. The summed E-state index contributed by atoms with van der Waals surface area (Å²) in [7, 11) is 0. The number of carbonyl (C=O) groups is 1. The van der Waals surface area contributed by atoms with Gasteiger partial charge < -0.3 is 19.3 Å². The number of pyridine rings is 1. The van der Waals surface area contributed by atoms with Gasteiger partial charge in [0, 0.05) is 38.5 Å². The number of nitrogens with zero attached hydrogens (tertiary/aromatic N) is 4. The maximum absolute atomic E-state index is 12.6. The smallest absolute Gasteiger partial charge is 0.246 e. The highest BCUT2D eigenvalue weighted by Crippen LogP contribution is 2.38. The Bertz CT molecular complexity index is 1090. The van der Waals surface area contributed by atoms with Crippen LogP contribution in [0, 0.1) is 0 Å². The van der Waals surface area contributed by atoms with E-state index in [2.05, 4.69) is 14.9 Å². The van der Waals surface area contributed by atoms with Crippen LogP contribution >= 0.6 is 22.9 Å². The lowest BCUT2D eigenvalue weighted by Gasteiger charge is -2.34. The van der Waals surface area contributed by atoms with Gasteiger partial charge in [0.05, 0.1) is 5.02 Å². The molecule has 2 aliphatic heterocycles. The van der Waals surface area contributed by atoms with E-state index >= 15 is 0 Å². The number of carbonyl (C=O) groups excluding carboxylic acids is 1. The number of thiazole rings is 1. The second kappa shape index (κ2) is 8.12. The monoisotopic (exact) mass is 442 g/mol. The highest BCUT2D eigenvalue weighted by Gasteiger charge is 2.22. The van der Waals surface area contributed by atoms with Gasteiger partial charge in [0.1, 0.15) is 23.6 Å². The van der Waals surface area contributed by atoms with Gasteiger partial charge in [-0.05, 0) is 35.9 Å². The number of fused-ring (bicyclic) bond motifs is 2. The molecule has 30 heavy (non-hydrogen) atoms. The first-order valence-electron chi connectivity index (χ1n) is 9.70. The average molecular weight is 443 g/mol. The van der Waals surface area contributed by atoms with Gasteiger partial charge in [-0.25, -0.2) is 9.97 Å². The van der Waals surface area contributed by atoms with E-state index in [4.69, 9.17) is 21.1 Å². The molecule has 2 aromatic heterocycles. The molecule has 1 saturated heterocycles. The molecule has 0 unspecified atom stereocenters. The summed E-state index contributed by atoms with van der Waals surface area (Å²) in [5, 5.41) is 1.44. The summed E-state index contributed by atoms with van der Waals surface area (Å²) in [6.45, 7) is 3.76. The van der Waals surface area contributed by atoms with E-state index in [9.17, 15) is 4.79 Å². The minimum Gasteiger partial charge on any atom is -0.486 e. The molecule has 0 bridgehead atoms. The summed E-state index contributed by atoms with van der Waals surface area (Å²) in [5.41, 5.74) is 1.72. The molecule has 0 aliphatic carbocycles. The quantitative estimate of drug-likeness (QED) is 0.578. The van der Waals surface area contributed by atoms with Crippen molar-refractivity contribution in [1.82, 2.24) is 14.9 Å². The van der Waals surface area contributed by atoms with Crippen LogP contribution in [0.4, 0.5) is 5.13 Å². The van der Waals surface area contributed by atoms with E-state index in [0.717, 1.165) is 34.1 Å². The Morgan fingerprint density at radius 2 is 2.00 bits per heavy atom. The van der Waals surface area contributed by atoms with Crippen molar-refractivity contribution in [1.29, 1.82) is 0 Å². The molecule has 0 spiro atoms. The van der Waals surface area contributed by atoms with Crippen LogP contribution in [-0.2, 0) is 4.79 Å². The molecule has 2 aliphatic rings. The zero-order valence-electron chi connectivity index (χ0n) is 16.1. The van der Waals surface area contributed by atoms with Gasteiger partial charge in [-0.15, -0.1) is 0 Å². The molecule has 9 heteroatoms. The normalized spacial score (nSPS) is 16.4. The Labute approximate surface area is 182 Å². The number of halogens is 1. The summed E-state index contributed by atoms with van der Waals surface area (Å²) in [6.07, 6.45) is 5.12. The number of hydrogen-bond donors (Lipinski definition) is 0. The lowest BCUT2D eigenvalue weighted by atomic mass is 10.1. The largest absolute Gasteiger partial charge is 0.486 e. The van der Waals surface area contributed by atoms with Crippen molar-refractivity contribution in [2.75, 3.05) is 44.3 Å². The molecule has 0 N–H and O–H groups in total. The van der Waals surface area contributed by atoms with Gasteiger partial charge in [-0.3, -0.25) is 4.79 Å². The van der Waals surface area contributed by atoms with E-state index < -0.39 is 0 Å². The lowest BCUT2D eigenvalue weighted by molar-refractivity contribution is -0.126. The van der Waals surface area contributed by atoms with E-state index in [0.29, 0.717) is 42.8 Å². The third-order valence-electron chi connectivity index (χ3n) is 5.05. The van der Waals surface area contributed by atoms with Gasteiger partial charge in [0.25, 0.3) is 0 Å². The van der Waals surface area contributed by atoms with Crippen LogP contribution in [0.25, 0.3) is 16.4 Å². The molecule has 1 fully saturated rings. The standard InChI is InChI=1S/C21H19ClN4O3S/c22-15-12-14(13-17-19(15)29-11-10-28-17)3-4-18(27)25-6-8-26(9-7-25)21-24-16-2-1-5-23-20(16)30-21/h1-5,12-13H,6-11H2/b4-3+. The summed E-state index contributed by atoms with van der Waals surface area (Å²) in [6, 6.07) is 7.47. The van der Waals surface area contributed by atoms with Crippen molar-refractivity contribution >= 4 is 50.4 Å². The van der Waals surface area contributed by atoms with Crippen molar-refractivity contribution in [2.24, 2.45) is 0 Å². The van der Waals surface area contributed by atoms with Crippen LogP contribution in [0.1, 0.15) is 5.56 Å². The summed E-state index contributed by atoms with van der Waals surface area (Å²) in [5.74, 6) is 1.15. The van der Waals surface area contributed by atoms with Gasteiger partial charge in [0.2, 0.25) is 5.91 Å². The molecule has 1 aromatic carbocycles.